The zero-order valence-corrected chi connectivity index (χ0v) is 14.9. The fourth-order valence-electron chi connectivity index (χ4n) is 3.32. The summed E-state index contributed by atoms with van der Waals surface area (Å²) in [7, 11) is 0. The van der Waals surface area contributed by atoms with Crippen molar-refractivity contribution in [3.05, 3.63) is 69.0 Å². The van der Waals surface area contributed by atoms with E-state index in [0.29, 0.717) is 43.5 Å². The van der Waals surface area contributed by atoms with E-state index >= 15 is 0 Å². The van der Waals surface area contributed by atoms with Crippen LogP contribution in [0.25, 0.3) is 27.2 Å². The van der Waals surface area contributed by atoms with Gasteiger partial charge in [-0.05, 0) is 29.6 Å². The summed E-state index contributed by atoms with van der Waals surface area (Å²) in [5.74, 6) is 0.634. The lowest BCUT2D eigenvalue weighted by atomic mass is 10.0. The molecule has 0 atom stereocenters. The lowest BCUT2D eigenvalue weighted by Crippen LogP contribution is -2.37. The maximum absolute atomic E-state index is 12.8. The Hall–Kier alpha value is -3.35. The average Bonchev–Trinajstić information content (AvgIpc) is 2.69. The number of aryl methyl sites for hydroxylation is 1. The number of benzene rings is 1. The zero-order valence-electron chi connectivity index (χ0n) is 14.9. The number of hydrogen-bond donors (Lipinski definition) is 0. The molecular formula is C19H18N6O2. The summed E-state index contributed by atoms with van der Waals surface area (Å²) in [5.41, 5.74) is 12.2. The first kappa shape index (κ1) is 17.1. The van der Waals surface area contributed by atoms with Crippen molar-refractivity contribution in [2.75, 3.05) is 31.2 Å². The van der Waals surface area contributed by atoms with Gasteiger partial charge >= 0.3 is 0 Å². The van der Waals surface area contributed by atoms with Gasteiger partial charge < -0.3 is 9.64 Å². The third-order valence-corrected chi connectivity index (χ3v) is 4.57. The molecule has 1 fully saturated rings. The van der Waals surface area contributed by atoms with Crippen LogP contribution in [0, 0.1) is 6.92 Å². The van der Waals surface area contributed by atoms with Crippen LogP contribution in [0.5, 0.6) is 0 Å². The minimum Gasteiger partial charge on any atom is -0.378 e. The van der Waals surface area contributed by atoms with E-state index in [4.69, 9.17) is 15.3 Å². The van der Waals surface area contributed by atoms with Crippen molar-refractivity contribution in [2.45, 2.75) is 6.92 Å². The molecule has 3 heterocycles. The van der Waals surface area contributed by atoms with Crippen molar-refractivity contribution in [1.29, 1.82) is 0 Å². The second-order valence-electron chi connectivity index (χ2n) is 6.38. The summed E-state index contributed by atoms with van der Waals surface area (Å²) in [5, 5.41) is 3.79. The Morgan fingerprint density at radius 2 is 1.96 bits per heavy atom. The van der Waals surface area contributed by atoms with E-state index in [1.54, 1.807) is 22.7 Å². The summed E-state index contributed by atoms with van der Waals surface area (Å²) in [6.07, 6.45) is 1.77. The number of ether oxygens (including phenoxy) is 1. The molecule has 0 N–H and O–H groups in total. The van der Waals surface area contributed by atoms with Gasteiger partial charge in [-0.15, -0.1) is 0 Å². The van der Waals surface area contributed by atoms with Crippen molar-refractivity contribution in [3.63, 3.8) is 0 Å². The largest absolute Gasteiger partial charge is 0.378 e. The van der Waals surface area contributed by atoms with Gasteiger partial charge in [-0.25, -0.2) is 4.98 Å². The zero-order chi connectivity index (χ0) is 18.8. The topological polar surface area (TPSA) is 95.6 Å². The van der Waals surface area contributed by atoms with Crippen molar-refractivity contribution in [2.24, 2.45) is 5.11 Å². The normalized spacial score (nSPS) is 14.2. The molecule has 2 aromatic heterocycles. The number of morpholine rings is 1. The first-order chi connectivity index (χ1) is 13.2. The summed E-state index contributed by atoms with van der Waals surface area (Å²) in [6.45, 7) is 4.53. The van der Waals surface area contributed by atoms with E-state index in [-0.39, 0.29) is 5.56 Å². The van der Waals surface area contributed by atoms with Gasteiger partial charge in [0.1, 0.15) is 11.5 Å². The Kier molecular flexibility index (Phi) is 4.50. The second-order valence-corrected chi connectivity index (χ2v) is 6.38. The number of hydrogen-bond acceptors (Lipinski definition) is 5. The van der Waals surface area contributed by atoms with E-state index < -0.39 is 0 Å². The highest BCUT2D eigenvalue weighted by Gasteiger charge is 2.17. The van der Waals surface area contributed by atoms with E-state index in [1.165, 1.54) is 0 Å². The molecule has 0 unspecified atom stereocenters. The molecular weight excluding hydrogens is 344 g/mol. The number of azide groups is 1. The fraction of sp³-hybridized carbons (Fsp3) is 0.263. The number of aromatic nitrogens is 2. The second kappa shape index (κ2) is 7.11. The number of anilines is 1. The highest BCUT2D eigenvalue weighted by molar-refractivity contribution is 5.85. The van der Waals surface area contributed by atoms with Crippen molar-refractivity contribution >= 4 is 17.2 Å². The molecule has 0 bridgehead atoms. The third kappa shape index (κ3) is 3.23. The Morgan fingerprint density at radius 3 is 2.74 bits per heavy atom. The molecule has 1 aliphatic heterocycles. The minimum absolute atomic E-state index is 0.146. The van der Waals surface area contributed by atoms with Crippen LogP contribution in [0.1, 0.15) is 5.56 Å². The van der Waals surface area contributed by atoms with Crippen LogP contribution < -0.4 is 10.5 Å². The van der Waals surface area contributed by atoms with Gasteiger partial charge in [0.25, 0.3) is 5.56 Å². The molecule has 0 radical (unpaired) electrons. The average molecular weight is 362 g/mol. The Balaban J connectivity index is 1.99. The van der Waals surface area contributed by atoms with Gasteiger partial charge in [-0.1, -0.05) is 29.4 Å². The molecule has 1 saturated heterocycles. The molecule has 1 aliphatic rings. The molecule has 0 amide bonds. The summed E-state index contributed by atoms with van der Waals surface area (Å²) >= 11 is 0. The van der Waals surface area contributed by atoms with Crippen LogP contribution in [0.2, 0.25) is 0 Å². The van der Waals surface area contributed by atoms with Crippen LogP contribution in [-0.2, 0) is 4.74 Å². The minimum atomic E-state index is -0.146. The lowest BCUT2D eigenvalue weighted by Gasteiger charge is -2.28. The fourth-order valence-corrected chi connectivity index (χ4v) is 3.32. The van der Waals surface area contributed by atoms with Gasteiger partial charge in [0.05, 0.1) is 13.2 Å². The van der Waals surface area contributed by atoms with Gasteiger partial charge in [0, 0.05) is 41.5 Å². The number of fused-ring (bicyclic) bond motifs is 1. The Bertz CT molecular complexity index is 1110. The molecule has 0 aliphatic carbocycles. The highest BCUT2D eigenvalue weighted by atomic mass is 16.5. The molecule has 0 saturated carbocycles. The molecule has 0 spiro atoms. The SMILES string of the molecule is Cc1cc(-c2ccccc2N=[N+]=[N-])c2nc(N3CCOCC3)cc(=O)n2c1. The van der Waals surface area contributed by atoms with E-state index in [2.05, 4.69) is 10.0 Å². The third-order valence-electron chi connectivity index (χ3n) is 4.57. The summed E-state index contributed by atoms with van der Waals surface area (Å²) in [6, 6.07) is 10.8. The predicted molar refractivity (Wildman–Crippen MR) is 103 cm³/mol. The van der Waals surface area contributed by atoms with Crippen molar-refractivity contribution in [3.8, 4) is 11.1 Å². The van der Waals surface area contributed by atoms with Crippen LogP contribution in [0.15, 0.2) is 52.5 Å². The van der Waals surface area contributed by atoms with Crippen LogP contribution in [0.3, 0.4) is 0 Å². The molecule has 136 valence electrons. The first-order valence-electron chi connectivity index (χ1n) is 8.68. The molecule has 8 heteroatoms. The van der Waals surface area contributed by atoms with Crippen LogP contribution >= 0.6 is 0 Å². The highest BCUT2D eigenvalue weighted by Crippen LogP contribution is 2.33. The standard InChI is InChI=1S/C19H18N6O2/c1-13-10-15(14-4-2-3-5-16(14)22-23-20)19-21-17(11-18(26)25(19)12-13)24-6-8-27-9-7-24/h2-5,10-12H,6-9H2,1H3. The molecule has 27 heavy (non-hydrogen) atoms. The van der Waals surface area contributed by atoms with Gasteiger partial charge in [0.15, 0.2) is 0 Å². The number of nitrogens with zero attached hydrogens (tertiary/aromatic N) is 6. The molecule has 3 aromatic rings. The Labute approximate surface area is 155 Å². The monoisotopic (exact) mass is 362 g/mol. The van der Waals surface area contributed by atoms with Crippen LogP contribution in [-0.4, -0.2) is 35.7 Å². The maximum atomic E-state index is 12.8. The molecule has 4 rings (SSSR count). The predicted octanol–water partition coefficient (Wildman–Crippen LogP) is 3.45. The van der Waals surface area contributed by atoms with E-state index in [0.717, 1.165) is 16.7 Å². The summed E-state index contributed by atoms with van der Waals surface area (Å²) in [4.78, 5) is 22.5. The number of rotatable bonds is 3. The number of pyridine rings is 1. The van der Waals surface area contributed by atoms with Gasteiger partial charge in [-0.2, -0.15) is 0 Å². The lowest BCUT2D eigenvalue weighted by molar-refractivity contribution is 0.122. The van der Waals surface area contributed by atoms with E-state index in [9.17, 15) is 4.79 Å². The van der Waals surface area contributed by atoms with Crippen molar-refractivity contribution < 1.29 is 4.74 Å². The molecule has 8 nitrogen and oxygen atoms in total. The van der Waals surface area contributed by atoms with Gasteiger partial charge in [-0.3, -0.25) is 9.20 Å². The van der Waals surface area contributed by atoms with Crippen LogP contribution in [0.4, 0.5) is 11.5 Å². The smallest absolute Gasteiger partial charge is 0.259 e. The summed E-state index contributed by atoms with van der Waals surface area (Å²) < 4.78 is 6.93. The van der Waals surface area contributed by atoms with E-state index in [1.807, 2.05) is 36.1 Å². The Morgan fingerprint density at radius 1 is 1.19 bits per heavy atom. The van der Waals surface area contributed by atoms with Crippen molar-refractivity contribution in [1.82, 2.24) is 9.38 Å². The first-order valence-corrected chi connectivity index (χ1v) is 8.68. The molecule has 1 aromatic carbocycles. The van der Waals surface area contributed by atoms with Gasteiger partial charge in [0.2, 0.25) is 0 Å². The quantitative estimate of drug-likeness (QED) is 0.405. The maximum Gasteiger partial charge on any atom is 0.259 e.